The fraction of sp³-hybridized carbons (Fsp3) is 0.350. The average Bonchev–Trinajstić information content (AvgIpc) is 2.59. The maximum Gasteiger partial charge on any atom is 0.315 e. The van der Waals surface area contributed by atoms with Crippen LogP contribution in [0.2, 0.25) is 0 Å². The summed E-state index contributed by atoms with van der Waals surface area (Å²) >= 11 is 0. The molecule has 3 N–H and O–H groups in total. The number of nitrogens with one attached hydrogen (secondary N) is 2. The van der Waals surface area contributed by atoms with Gasteiger partial charge < -0.3 is 20.6 Å². The zero-order valence-electron chi connectivity index (χ0n) is 14.9. The van der Waals surface area contributed by atoms with Gasteiger partial charge in [0, 0.05) is 26.1 Å². The molecule has 0 saturated heterocycles. The molecule has 0 fully saturated rings. The molecule has 134 valence electrons. The molecule has 0 spiro atoms. The van der Waals surface area contributed by atoms with Crippen molar-refractivity contribution >= 4 is 6.03 Å². The van der Waals surface area contributed by atoms with E-state index < -0.39 is 6.10 Å². The standard InChI is InChI=1S/C20H27N3O2/c1-23(2)15-18-10-6-9-17(11-18)13-21-20(25)22-14-19(24)12-16-7-4-3-5-8-16/h3-11,19,24H,12-15H2,1-2H3,(H2,21,22,25). The zero-order valence-corrected chi connectivity index (χ0v) is 14.9. The molecule has 0 aromatic heterocycles. The van der Waals surface area contributed by atoms with Crippen LogP contribution in [0.25, 0.3) is 0 Å². The van der Waals surface area contributed by atoms with E-state index >= 15 is 0 Å². The van der Waals surface area contributed by atoms with Crippen molar-refractivity contribution in [1.29, 1.82) is 0 Å². The van der Waals surface area contributed by atoms with Crippen molar-refractivity contribution in [3.63, 3.8) is 0 Å². The smallest absolute Gasteiger partial charge is 0.315 e. The van der Waals surface area contributed by atoms with Gasteiger partial charge in [0.05, 0.1) is 6.10 Å². The van der Waals surface area contributed by atoms with E-state index in [9.17, 15) is 9.90 Å². The summed E-state index contributed by atoms with van der Waals surface area (Å²) in [7, 11) is 4.05. The minimum absolute atomic E-state index is 0.224. The van der Waals surface area contributed by atoms with E-state index in [0.717, 1.165) is 17.7 Å². The monoisotopic (exact) mass is 341 g/mol. The van der Waals surface area contributed by atoms with Gasteiger partial charge in [-0.2, -0.15) is 0 Å². The maximum absolute atomic E-state index is 11.9. The molecule has 25 heavy (non-hydrogen) atoms. The minimum atomic E-state index is -0.600. The minimum Gasteiger partial charge on any atom is -0.391 e. The largest absolute Gasteiger partial charge is 0.391 e. The third-order valence-corrected chi connectivity index (χ3v) is 3.76. The first-order chi connectivity index (χ1) is 12.0. The Balaban J connectivity index is 1.71. The van der Waals surface area contributed by atoms with E-state index in [1.165, 1.54) is 5.56 Å². The SMILES string of the molecule is CN(C)Cc1cccc(CNC(=O)NCC(O)Cc2ccccc2)c1. The van der Waals surface area contributed by atoms with E-state index in [2.05, 4.69) is 27.7 Å². The summed E-state index contributed by atoms with van der Waals surface area (Å²) in [6, 6.07) is 17.6. The van der Waals surface area contributed by atoms with Crippen LogP contribution in [0.15, 0.2) is 54.6 Å². The van der Waals surface area contributed by atoms with Crippen LogP contribution >= 0.6 is 0 Å². The Morgan fingerprint density at radius 1 is 1.00 bits per heavy atom. The fourth-order valence-corrected chi connectivity index (χ4v) is 2.62. The molecule has 0 aliphatic carbocycles. The summed E-state index contributed by atoms with van der Waals surface area (Å²) in [6.45, 7) is 1.55. The van der Waals surface area contributed by atoms with E-state index in [0.29, 0.717) is 13.0 Å². The number of aliphatic hydroxyl groups excluding tert-OH is 1. The molecule has 0 saturated carbocycles. The van der Waals surface area contributed by atoms with E-state index in [1.54, 1.807) is 0 Å². The highest BCUT2D eigenvalue weighted by Gasteiger charge is 2.08. The van der Waals surface area contributed by atoms with Crippen LogP contribution in [0, 0.1) is 0 Å². The maximum atomic E-state index is 11.9. The van der Waals surface area contributed by atoms with Crippen molar-refractivity contribution in [3.05, 3.63) is 71.3 Å². The van der Waals surface area contributed by atoms with Crippen molar-refractivity contribution in [3.8, 4) is 0 Å². The molecular formula is C20H27N3O2. The lowest BCUT2D eigenvalue weighted by Gasteiger charge is -2.13. The number of rotatable bonds is 8. The molecule has 5 heteroatoms. The van der Waals surface area contributed by atoms with Crippen molar-refractivity contribution in [2.75, 3.05) is 20.6 Å². The predicted molar refractivity (Wildman–Crippen MR) is 100 cm³/mol. The van der Waals surface area contributed by atoms with Gasteiger partial charge in [-0.25, -0.2) is 4.79 Å². The number of hydrogen-bond acceptors (Lipinski definition) is 3. The molecule has 2 aromatic rings. The van der Waals surface area contributed by atoms with Crippen LogP contribution < -0.4 is 10.6 Å². The van der Waals surface area contributed by atoms with Crippen LogP contribution in [-0.4, -0.2) is 42.8 Å². The summed E-state index contributed by atoms with van der Waals surface area (Å²) in [6.07, 6.45) is -0.0789. The second-order valence-corrected chi connectivity index (χ2v) is 6.46. The number of carbonyl (C=O) groups excluding carboxylic acids is 1. The molecule has 2 amide bonds. The molecule has 1 atom stereocenters. The molecule has 2 rings (SSSR count). The molecule has 0 heterocycles. The molecule has 0 bridgehead atoms. The van der Waals surface area contributed by atoms with E-state index in [4.69, 9.17) is 0 Å². The number of nitrogens with zero attached hydrogens (tertiary/aromatic N) is 1. The summed E-state index contributed by atoms with van der Waals surface area (Å²) < 4.78 is 0. The molecule has 5 nitrogen and oxygen atoms in total. The average molecular weight is 341 g/mol. The van der Waals surface area contributed by atoms with Gasteiger partial charge in [-0.05, 0) is 30.8 Å². The Kier molecular flexibility index (Phi) is 7.44. The predicted octanol–water partition coefficient (Wildman–Crippen LogP) is 2.15. The Morgan fingerprint density at radius 2 is 1.68 bits per heavy atom. The van der Waals surface area contributed by atoms with Crippen molar-refractivity contribution in [2.45, 2.75) is 25.6 Å². The van der Waals surface area contributed by atoms with Crippen molar-refractivity contribution in [2.24, 2.45) is 0 Å². The van der Waals surface area contributed by atoms with Gasteiger partial charge >= 0.3 is 6.03 Å². The van der Waals surface area contributed by atoms with E-state index in [-0.39, 0.29) is 12.6 Å². The van der Waals surface area contributed by atoms with Crippen LogP contribution in [0.5, 0.6) is 0 Å². The topological polar surface area (TPSA) is 64.6 Å². The van der Waals surface area contributed by atoms with Gasteiger partial charge in [0.1, 0.15) is 0 Å². The van der Waals surface area contributed by atoms with Crippen LogP contribution in [-0.2, 0) is 19.5 Å². The number of amides is 2. The van der Waals surface area contributed by atoms with Gasteiger partial charge in [0.2, 0.25) is 0 Å². The lowest BCUT2D eigenvalue weighted by atomic mass is 10.1. The van der Waals surface area contributed by atoms with Crippen LogP contribution in [0.1, 0.15) is 16.7 Å². The Labute approximate surface area is 149 Å². The van der Waals surface area contributed by atoms with E-state index in [1.807, 2.05) is 56.6 Å². The second-order valence-electron chi connectivity index (χ2n) is 6.46. The van der Waals surface area contributed by atoms with Gasteiger partial charge in [-0.3, -0.25) is 0 Å². The van der Waals surface area contributed by atoms with Crippen molar-refractivity contribution in [1.82, 2.24) is 15.5 Å². The second kappa shape index (κ2) is 9.81. The first-order valence-electron chi connectivity index (χ1n) is 8.49. The van der Waals surface area contributed by atoms with Crippen LogP contribution in [0.4, 0.5) is 4.79 Å². The normalized spacial score (nSPS) is 12.0. The van der Waals surface area contributed by atoms with Gasteiger partial charge in [-0.1, -0.05) is 54.6 Å². The first-order valence-corrected chi connectivity index (χ1v) is 8.49. The van der Waals surface area contributed by atoms with Crippen molar-refractivity contribution < 1.29 is 9.90 Å². The lowest BCUT2D eigenvalue weighted by Crippen LogP contribution is -2.40. The van der Waals surface area contributed by atoms with Crippen LogP contribution in [0.3, 0.4) is 0 Å². The molecule has 2 aromatic carbocycles. The first kappa shape index (κ1) is 19.0. The fourth-order valence-electron chi connectivity index (χ4n) is 2.62. The molecular weight excluding hydrogens is 314 g/mol. The Bertz CT molecular complexity index is 659. The van der Waals surface area contributed by atoms with Gasteiger partial charge in [0.15, 0.2) is 0 Å². The summed E-state index contributed by atoms with van der Waals surface area (Å²) in [5, 5.41) is 15.5. The highest BCUT2D eigenvalue weighted by atomic mass is 16.3. The summed E-state index contributed by atoms with van der Waals surface area (Å²) in [4.78, 5) is 14.0. The number of carbonyl (C=O) groups is 1. The summed E-state index contributed by atoms with van der Waals surface area (Å²) in [5.74, 6) is 0. The molecule has 0 radical (unpaired) electrons. The van der Waals surface area contributed by atoms with Gasteiger partial charge in [-0.15, -0.1) is 0 Å². The quantitative estimate of drug-likeness (QED) is 0.689. The summed E-state index contributed by atoms with van der Waals surface area (Å²) in [5.41, 5.74) is 3.32. The highest BCUT2D eigenvalue weighted by molar-refractivity contribution is 5.73. The Hall–Kier alpha value is -2.37. The molecule has 0 aliphatic heterocycles. The molecule has 0 aliphatic rings. The third-order valence-electron chi connectivity index (χ3n) is 3.76. The lowest BCUT2D eigenvalue weighted by molar-refractivity contribution is 0.170. The number of hydrogen-bond donors (Lipinski definition) is 3. The zero-order chi connectivity index (χ0) is 18.1. The number of benzene rings is 2. The highest BCUT2D eigenvalue weighted by Crippen LogP contribution is 2.07. The molecule has 1 unspecified atom stereocenters. The Morgan fingerprint density at radius 3 is 2.40 bits per heavy atom. The third kappa shape index (κ3) is 7.37. The van der Waals surface area contributed by atoms with Gasteiger partial charge in [0.25, 0.3) is 0 Å². The number of urea groups is 1. The number of aliphatic hydroxyl groups is 1.